The highest BCUT2D eigenvalue weighted by atomic mass is 15.2. The van der Waals surface area contributed by atoms with Gasteiger partial charge in [0.2, 0.25) is 0 Å². The molecule has 3 aromatic rings. The van der Waals surface area contributed by atoms with Crippen LogP contribution < -0.4 is 11.3 Å². The molecule has 3 nitrogen and oxygen atoms in total. The van der Waals surface area contributed by atoms with Crippen LogP contribution in [0.4, 0.5) is 0 Å². The van der Waals surface area contributed by atoms with Gasteiger partial charge in [-0.05, 0) is 22.9 Å². The standard InChI is InChI=1S/C17H17N3/c18-20-17(10-13-6-2-1-3-7-13)16-12-19-11-14-8-4-5-9-15(14)16/h1-9,11-12,17,20H,10,18H2. The van der Waals surface area contributed by atoms with E-state index >= 15 is 0 Å². The van der Waals surface area contributed by atoms with Crippen LogP contribution in [-0.2, 0) is 6.42 Å². The number of pyridine rings is 1. The van der Waals surface area contributed by atoms with Crippen LogP contribution in [-0.4, -0.2) is 4.98 Å². The second-order valence-corrected chi connectivity index (χ2v) is 4.86. The van der Waals surface area contributed by atoms with Crippen molar-refractivity contribution in [2.45, 2.75) is 12.5 Å². The van der Waals surface area contributed by atoms with Crippen molar-refractivity contribution in [2.75, 3.05) is 0 Å². The molecule has 1 aromatic heterocycles. The molecule has 3 rings (SSSR count). The predicted molar refractivity (Wildman–Crippen MR) is 82.0 cm³/mol. The number of nitrogens with two attached hydrogens (primary N) is 1. The second-order valence-electron chi connectivity index (χ2n) is 4.86. The Kier molecular flexibility index (Phi) is 3.72. The van der Waals surface area contributed by atoms with Gasteiger partial charge in [-0.15, -0.1) is 0 Å². The molecule has 0 amide bonds. The Morgan fingerprint density at radius 3 is 2.50 bits per heavy atom. The number of nitrogens with zero attached hydrogens (tertiary/aromatic N) is 1. The lowest BCUT2D eigenvalue weighted by Crippen LogP contribution is -2.29. The van der Waals surface area contributed by atoms with E-state index in [1.807, 2.05) is 42.7 Å². The first-order chi connectivity index (χ1) is 9.88. The predicted octanol–water partition coefficient (Wildman–Crippen LogP) is 2.98. The van der Waals surface area contributed by atoms with Crippen LogP contribution in [0.5, 0.6) is 0 Å². The van der Waals surface area contributed by atoms with Crippen molar-refractivity contribution in [3.63, 3.8) is 0 Å². The van der Waals surface area contributed by atoms with E-state index in [1.54, 1.807) is 0 Å². The van der Waals surface area contributed by atoms with Gasteiger partial charge in [-0.3, -0.25) is 16.3 Å². The first kappa shape index (κ1) is 12.8. The van der Waals surface area contributed by atoms with Crippen LogP contribution in [0.1, 0.15) is 17.2 Å². The molecule has 1 atom stereocenters. The minimum atomic E-state index is 0.0519. The highest BCUT2D eigenvalue weighted by molar-refractivity contribution is 5.85. The van der Waals surface area contributed by atoms with Gasteiger partial charge < -0.3 is 0 Å². The summed E-state index contributed by atoms with van der Waals surface area (Å²) in [5, 5.41) is 2.33. The molecule has 2 aromatic carbocycles. The molecule has 0 aliphatic carbocycles. The molecule has 3 N–H and O–H groups in total. The molecule has 0 spiro atoms. The normalized spacial score (nSPS) is 12.4. The zero-order valence-electron chi connectivity index (χ0n) is 11.2. The quantitative estimate of drug-likeness (QED) is 0.562. The molecule has 3 heteroatoms. The number of rotatable bonds is 4. The van der Waals surface area contributed by atoms with E-state index in [9.17, 15) is 0 Å². The molecular formula is C17H17N3. The van der Waals surface area contributed by atoms with Crippen molar-refractivity contribution in [1.29, 1.82) is 0 Å². The minimum Gasteiger partial charge on any atom is -0.271 e. The lowest BCUT2D eigenvalue weighted by Gasteiger charge is -2.18. The van der Waals surface area contributed by atoms with Gasteiger partial charge in [0.1, 0.15) is 0 Å². The summed E-state index contributed by atoms with van der Waals surface area (Å²) in [5.41, 5.74) is 5.31. The van der Waals surface area contributed by atoms with Crippen LogP contribution in [0.15, 0.2) is 67.0 Å². The summed E-state index contributed by atoms with van der Waals surface area (Å²) < 4.78 is 0. The van der Waals surface area contributed by atoms with Gasteiger partial charge in [-0.2, -0.15) is 0 Å². The third-order valence-corrected chi connectivity index (χ3v) is 3.56. The highest BCUT2D eigenvalue weighted by Gasteiger charge is 2.13. The average molecular weight is 263 g/mol. The van der Waals surface area contributed by atoms with E-state index in [1.165, 1.54) is 10.9 Å². The van der Waals surface area contributed by atoms with Crippen molar-refractivity contribution in [3.05, 3.63) is 78.1 Å². The SMILES string of the molecule is NNC(Cc1ccccc1)c1cncc2ccccc12. The minimum absolute atomic E-state index is 0.0519. The summed E-state index contributed by atoms with van der Waals surface area (Å²) in [5.74, 6) is 5.77. The third-order valence-electron chi connectivity index (χ3n) is 3.56. The van der Waals surface area contributed by atoms with Crippen LogP contribution >= 0.6 is 0 Å². The molecule has 1 heterocycles. The van der Waals surface area contributed by atoms with E-state index in [0.717, 1.165) is 17.4 Å². The monoisotopic (exact) mass is 263 g/mol. The first-order valence-corrected chi connectivity index (χ1v) is 6.71. The fourth-order valence-electron chi connectivity index (χ4n) is 2.53. The molecule has 0 aliphatic rings. The Bertz CT molecular complexity index is 689. The molecule has 0 aliphatic heterocycles. The van der Waals surface area contributed by atoms with E-state index < -0.39 is 0 Å². The third kappa shape index (κ3) is 2.54. The lowest BCUT2D eigenvalue weighted by atomic mass is 9.96. The van der Waals surface area contributed by atoms with Gasteiger partial charge in [0.15, 0.2) is 0 Å². The maximum atomic E-state index is 5.77. The number of aromatic nitrogens is 1. The number of fused-ring (bicyclic) bond motifs is 1. The van der Waals surface area contributed by atoms with Crippen molar-refractivity contribution in [2.24, 2.45) is 5.84 Å². The molecule has 0 saturated heterocycles. The Morgan fingerprint density at radius 1 is 0.950 bits per heavy atom. The number of benzene rings is 2. The van der Waals surface area contributed by atoms with E-state index in [4.69, 9.17) is 5.84 Å². The summed E-state index contributed by atoms with van der Waals surface area (Å²) in [6, 6.07) is 18.6. The van der Waals surface area contributed by atoms with Gasteiger partial charge in [-0.25, -0.2) is 0 Å². The molecule has 0 bridgehead atoms. The van der Waals surface area contributed by atoms with E-state index in [2.05, 4.69) is 34.7 Å². The van der Waals surface area contributed by atoms with Crippen LogP contribution in [0.3, 0.4) is 0 Å². The number of hydrazine groups is 1. The number of nitrogens with one attached hydrogen (secondary N) is 1. The van der Waals surface area contributed by atoms with Crippen molar-refractivity contribution in [1.82, 2.24) is 10.4 Å². The summed E-state index contributed by atoms with van der Waals surface area (Å²) in [4.78, 5) is 4.33. The molecule has 0 radical (unpaired) electrons. The zero-order chi connectivity index (χ0) is 13.8. The summed E-state index contributed by atoms with van der Waals surface area (Å²) in [6.45, 7) is 0. The molecule has 0 saturated carbocycles. The summed E-state index contributed by atoms with van der Waals surface area (Å²) in [7, 11) is 0. The number of hydrogen-bond donors (Lipinski definition) is 2. The van der Waals surface area contributed by atoms with Crippen LogP contribution in [0.25, 0.3) is 10.8 Å². The van der Waals surface area contributed by atoms with Gasteiger partial charge >= 0.3 is 0 Å². The molecule has 1 unspecified atom stereocenters. The Labute approximate surface area is 118 Å². The van der Waals surface area contributed by atoms with Gasteiger partial charge in [0, 0.05) is 17.8 Å². The van der Waals surface area contributed by atoms with Crippen LogP contribution in [0, 0.1) is 0 Å². The van der Waals surface area contributed by atoms with Gasteiger partial charge in [-0.1, -0.05) is 54.6 Å². The molecule has 0 fully saturated rings. The topological polar surface area (TPSA) is 50.9 Å². The Morgan fingerprint density at radius 2 is 1.70 bits per heavy atom. The molecule has 100 valence electrons. The largest absolute Gasteiger partial charge is 0.271 e. The first-order valence-electron chi connectivity index (χ1n) is 6.71. The Balaban J connectivity index is 1.99. The second kappa shape index (κ2) is 5.82. The van der Waals surface area contributed by atoms with E-state index in [-0.39, 0.29) is 6.04 Å². The fraction of sp³-hybridized carbons (Fsp3) is 0.118. The van der Waals surface area contributed by atoms with Crippen molar-refractivity contribution in [3.8, 4) is 0 Å². The molecule has 20 heavy (non-hydrogen) atoms. The van der Waals surface area contributed by atoms with Gasteiger partial charge in [0.25, 0.3) is 0 Å². The maximum Gasteiger partial charge on any atom is 0.0521 e. The van der Waals surface area contributed by atoms with Crippen molar-refractivity contribution < 1.29 is 0 Å². The molecular weight excluding hydrogens is 246 g/mol. The van der Waals surface area contributed by atoms with Crippen molar-refractivity contribution >= 4 is 10.8 Å². The fourth-order valence-corrected chi connectivity index (χ4v) is 2.53. The average Bonchev–Trinajstić information content (AvgIpc) is 2.53. The van der Waals surface area contributed by atoms with E-state index in [0.29, 0.717) is 0 Å². The smallest absolute Gasteiger partial charge is 0.0521 e. The van der Waals surface area contributed by atoms with Crippen LogP contribution in [0.2, 0.25) is 0 Å². The highest BCUT2D eigenvalue weighted by Crippen LogP contribution is 2.25. The lowest BCUT2D eigenvalue weighted by molar-refractivity contribution is 0.554. The maximum absolute atomic E-state index is 5.77. The number of hydrogen-bond acceptors (Lipinski definition) is 3. The summed E-state index contributed by atoms with van der Waals surface area (Å²) in [6.07, 6.45) is 4.62. The van der Waals surface area contributed by atoms with Gasteiger partial charge in [0.05, 0.1) is 6.04 Å². The Hall–Kier alpha value is -2.23. The zero-order valence-corrected chi connectivity index (χ0v) is 11.2. The summed E-state index contributed by atoms with van der Waals surface area (Å²) >= 11 is 0.